The van der Waals surface area contributed by atoms with Gasteiger partial charge in [-0.3, -0.25) is 4.79 Å². The smallest absolute Gasteiger partial charge is 0.177 e. The topological polar surface area (TPSA) is 55.0 Å². The van der Waals surface area contributed by atoms with Gasteiger partial charge in [0.25, 0.3) is 0 Å². The van der Waals surface area contributed by atoms with Crippen LogP contribution in [0.5, 0.6) is 0 Å². The molecular weight excluding hydrogens is 180 g/mol. The zero-order chi connectivity index (χ0) is 10.1. The molecule has 1 fully saturated rings. The SMILES string of the molecule is CC(=O)c1cnc(C2CCC(C)O2)[nH]1. The molecule has 0 spiro atoms. The number of aromatic amines is 1. The van der Waals surface area contributed by atoms with Crippen molar-refractivity contribution in [2.45, 2.75) is 38.9 Å². The van der Waals surface area contributed by atoms with E-state index in [0.29, 0.717) is 11.8 Å². The summed E-state index contributed by atoms with van der Waals surface area (Å²) in [4.78, 5) is 18.2. The molecule has 0 aliphatic carbocycles. The van der Waals surface area contributed by atoms with E-state index in [1.54, 1.807) is 6.20 Å². The fourth-order valence-corrected chi connectivity index (χ4v) is 1.68. The Morgan fingerprint density at radius 2 is 2.43 bits per heavy atom. The number of Topliss-reactive ketones (excluding diaryl/α,β-unsaturated/α-hetero) is 1. The van der Waals surface area contributed by atoms with Gasteiger partial charge in [-0.15, -0.1) is 0 Å². The average molecular weight is 194 g/mol. The van der Waals surface area contributed by atoms with Crippen LogP contribution < -0.4 is 0 Å². The molecule has 14 heavy (non-hydrogen) atoms. The summed E-state index contributed by atoms with van der Waals surface area (Å²) in [7, 11) is 0. The van der Waals surface area contributed by atoms with Gasteiger partial charge in [-0.2, -0.15) is 0 Å². The second-order valence-corrected chi connectivity index (χ2v) is 3.75. The first-order valence-corrected chi connectivity index (χ1v) is 4.88. The van der Waals surface area contributed by atoms with Gasteiger partial charge in [0.2, 0.25) is 0 Å². The third-order valence-electron chi connectivity index (χ3n) is 2.51. The van der Waals surface area contributed by atoms with E-state index in [2.05, 4.69) is 16.9 Å². The molecule has 2 unspecified atom stereocenters. The van der Waals surface area contributed by atoms with Crippen LogP contribution in [0, 0.1) is 0 Å². The van der Waals surface area contributed by atoms with Gasteiger partial charge in [-0.1, -0.05) is 0 Å². The summed E-state index contributed by atoms with van der Waals surface area (Å²) in [5, 5.41) is 0. The molecule has 1 aliphatic heterocycles. The van der Waals surface area contributed by atoms with E-state index in [1.165, 1.54) is 6.92 Å². The standard InChI is InChI=1S/C10H14N2O2/c1-6-3-4-9(14-6)10-11-5-8(12-10)7(2)13/h5-6,9H,3-4H2,1-2H3,(H,11,12). The van der Waals surface area contributed by atoms with Gasteiger partial charge < -0.3 is 9.72 Å². The number of hydrogen-bond acceptors (Lipinski definition) is 3. The average Bonchev–Trinajstić information content (AvgIpc) is 2.70. The van der Waals surface area contributed by atoms with Crippen LogP contribution in [-0.4, -0.2) is 21.9 Å². The van der Waals surface area contributed by atoms with Crippen LogP contribution in [0.25, 0.3) is 0 Å². The van der Waals surface area contributed by atoms with Gasteiger partial charge in [-0.25, -0.2) is 4.98 Å². The highest BCUT2D eigenvalue weighted by Crippen LogP contribution is 2.30. The zero-order valence-corrected chi connectivity index (χ0v) is 8.41. The van der Waals surface area contributed by atoms with Crippen molar-refractivity contribution >= 4 is 5.78 Å². The minimum atomic E-state index is 0.00907. The monoisotopic (exact) mass is 194 g/mol. The largest absolute Gasteiger partial charge is 0.367 e. The van der Waals surface area contributed by atoms with E-state index >= 15 is 0 Å². The van der Waals surface area contributed by atoms with Gasteiger partial charge in [0.15, 0.2) is 5.78 Å². The molecule has 0 amide bonds. The van der Waals surface area contributed by atoms with Gasteiger partial charge >= 0.3 is 0 Å². The van der Waals surface area contributed by atoms with Crippen LogP contribution >= 0.6 is 0 Å². The van der Waals surface area contributed by atoms with Crippen molar-refractivity contribution in [3.63, 3.8) is 0 Å². The number of carbonyl (C=O) groups excluding carboxylic acids is 1. The molecule has 0 bridgehead atoms. The van der Waals surface area contributed by atoms with Crippen molar-refractivity contribution in [3.8, 4) is 0 Å². The first-order valence-electron chi connectivity index (χ1n) is 4.88. The fourth-order valence-electron chi connectivity index (χ4n) is 1.68. The number of rotatable bonds is 2. The lowest BCUT2D eigenvalue weighted by atomic mass is 10.2. The highest BCUT2D eigenvalue weighted by molar-refractivity contribution is 5.91. The van der Waals surface area contributed by atoms with Crippen LogP contribution in [0.4, 0.5) is 0 Å². The molecule has 4 heteroatoms. The summed E-state index contributed by atoms with van der Waals surface area (Å²) < 4.78 is 5.64. The van der Waals surface area contributed by atoms with Crippen LogP contribution in [-0.2, 0) is 4.74 Å². The highest BCUT2D eigenvalue weighted by Gasteiger charge is 2.25. The number of hydrogen-bond donors (Lipinski definition) is 1. The third-order valence-corrected chi connectivity index (χ3v) is 2.51. The summed E-state index contributed by atoms with van der Waals surface area (Å²) in [5.74, 6) is 0.786. The quantitative estimate of drug-likeness (QED) is 0.731. The maximum absolute atomic E-state index is 11.0. The maximum atomic E-state index is 11.0. The van der Waals surface area contributed by atoms with Crippen molar-refractivity contribution in [1.29, 1.82) is 0 Å². The normalized spacial score (nSPS) is 26.7. The number of H-pyrrole nitrogens is 1. The minimum absolute atomic E-state index is 0.00907. The second-order valence-electron chi connectivity index (χ2n) is 3.75. The maximum Gasteiger partial charge on any atom is 0.177 e. The predicted octanol–water partition coefficient (Wildman–Crippen LogP) is 1.85. The number of nitrogens with zero attached hydrogens (tertiary/aromatic N) is 1. The lowest BCUT2D eigenvalue weighted by molar-refractivity contribution is 0.0507. The molecule has 76 valence electrons. The Labute approximate surface area is 82.7 Å². The van der Waals surface area contributed by atoms with E-state index in [0.717, 1.165) is 18.7 Å². The Kier molecular flexibility index (Phi) is 2.37. The van der Waals surface area contributed by atoms with Gasteiger partial charge in [-0.05, 0) is 19.8 Å². The molecule has 2 rings (SSSR count). The van der Waals surface area contributed by atoms with Crippen molar-refractivity contribution in [2.24, 2.45) is 0 Å². The second kappa shape index (κ2) is 3.53. The number of imidazole rings is 1. The van der Waals surface area contributed by atoms with E-state index in [9.17, 15) is 4.79 Å². The molecule has 0 saturated carbocycles. The van der Waals surface area contributed by atoms with Crippen LogP contribution in [0.1, 0.15) is 49.1 Å². The molecule has 1 aromatic rings. The first kappa shape index (κ1) is 9.40. The third kappa shape index (κ3) is 1.70. The van der Waals surface area contributed by atoms with Gasteiger partial charge in [0.05, 0.1) is 12.3 Å². The summed E-state index contributed by atoms with van der Waals surface area (Å²) in [5.41, 5.74) is 0.558. The summed E-state index contributed by atoms with van der Waals surface area (Å²) in [6.45, 7) is 3.57. The van der Waals surface area contributed by atoms with E-state index in [-0.39, 0.29) is 11.9 Å². The molecule has 0 aromatic carbocycles. The van der Waals surface area contributed by atoms with E-state index < -0.39 is 0 Å². The Balaban J connectivity index is 2.13. The Hall–Kier alpha value is -1.16. The summed E-state index contributed by atoms with van der Waals surface area (Å²) in [6.07, 6.45) is 3.94. The molecule has 1 aliphatic rings. The first-order chi connectivity index (χ1) is 6.66. The molecule has 2 heterocycles. The minimum Gasteiger partial charge on any atom is -0.367 e. The summed E-state index contributed by atoms with van der Waals surface area (Å²) >= 11 is 0. The zero-order valence-electron chi connectivity index (χ0n) is 8.41. The summed E-state index contributed by atoms with van der Waals surface area (Å²) in [6, 6.07) is 0. The lowest BCUT2D eigenvalue weighted by Crippen LogP contribution is -2.03. The molecule has 2 atom stereocenters. The molecule has 1 aromatic heterocycles. The van der Waals surface area contributed by atoms with Crippen molar-refractivity contribution in [3.05, 3.63) is 17.7 Å². The van der Waals surface area contributed by atoms with Crippen molar-refractivity contribution < 1.29 is 9.53 Å². The van der Waals surface area contributed by atoms with Gasteiger partial charge in [0, 0.05) is 6.92 Å². The Morgan fingerprint density at radius 1 is 1.64 bits per heavy atom. The molecule has 1 N–H and O–H groups in total. The highest BCUT2D eigenvalue weighted by atomic mass is 16.5. The Morgan fingerprint density at radius 3 is 2.93 bits per heavy atom. The molecule has 0 radical (unpaired) electrons. The van der Waals surface area contributed by atoms with E-state index in [4.69, 9.17) is 4.74 Å². The molecule has 4 nitrogen and oxygen atoms in total. The van der Waals surface area contributed by atoms with E-state index in [1.807, 2.05) is 0 Å². The molecular formula is C10H14N2O2. The number of nitrogens with one attached hydrogen (secondary N) is 1. The Bertz CT molecular complexity index is 346. The van der Waals surface area contributed by atoms with Crippen molar-refractivity contribution in [1.82, 2.24) is 9.97 Å². The van der Waals surface area contributed by atoms with Gasteiger partial charge in [0.1, 0.15) is 17.6 Å². The lowest BCUT2D eigenvalue weighted by Gasteiger charge is -2.07. The predicted molar refractivity (Wildman–Crippen MR) is 51.1 cm³/mol. The number of ether oxygens (including phenoxy) is 1. The van der Waals surface area contributed by atoms with Crippen LogP contribution in [0.15, 0.2) is 6.20 Å². The number of ketones is 1. The fraction of sp³-hybridized carbons (Fsp3) is 0.600. The van der Waals surface area contributed by atoms with Crippen molar-refractivity contribution in [2.75, 3.05) is 0 Å². The van der Waals surface area contributed by atoms with Crippen LogP contribution in [0.2, 0.25) is 0 Å². The molecule has 1 saturated heterocycles. The number of aromatic nitrogens is 2. The van der Waals surface area contributed by atoms with Crippen LogP contribution in [0.3, 0.4) is 0 Å². The number of carbonyl (C=O) groups is 1.